The number of carbonyl (C=O) groups is 3. The van der Waals surface area contributed by atoms with Gasteiger partial charge in [0.05, 0.1) is 27.3 Å². The molecule has 0 aliphatic carbocycles. The molecule has 3 aliphatic rings. The first-order valence-electron chi connectivity index (χ1n) is 12.4. The van der Waals surface area contributed by atoms with Gasteiger partial charge in [-0.2, -0.15) is 0 Å². The van der Waals surface area contributed by atoms with Crippen molar-refractivity contribution in [2.75, 3.05) is 38.2 Å². The van der Waals surface area contributed by atoms with Gasteiger partial charge in [0.1, 0.15) is 6.04 Å². The number of likely N-dealkylation sites (N-methyl/N-ethyl adjacent to an activating group) is 1. The zero-order valence-electron chi connectivity index (χ0n) is 20.6. The fourth-order valence-corrected chi connectivity index (χ4v) is 8.58. The van der Waals surface area contributed by atoms with Crippen LogP contribution in [0.5, 0.6) is 0 Å². The SMILES string of the molecule is C=CCN(C)C(=O)[C@@H]1[C@@H]2CCC3(S2)C(C(=O)N(CC=C)c2ccccc2Cl)N(CCCCO)C(=O)[C@H]13. The quantitative estimate of drug-likeness (QED) is 0.350. The Hall–Kier alpha value is -2.29. The highest BCUT2D eigenvalue weighted by molar-refractivity contribution is 8.02. The van der Waals surface area contributed by atoms with E-state index in [0.29, 0.717) is 43.1 Å². The molecule has 5 atom stereocenters. The molecule has 3 aliphatic heterocycles. The van der Waals surface area contributed by atoms with Gasteiger partial charge in [-0.1, -0.05) is 35.9 Å². The maximum atomic E-state index is 14.4. The summed E-state index contributed by atoms with van der Waals surface area (Å²) in [4.78, 5) is 46.8. The summed E-state index contributed by atoms with van der Waals surface area (Å²) in [5, 5.41) is 9.79. The van der Waals surface area contributed by atoms with Gasteiger partial charge in [-0.05, 0) is 37.8 Å². The Morgan fingerprint density at radius 3 is 2.61 bits per heavy atom. The second kappa shape index (κ2) is 11.0. The number of carbonyl (C=O) groups excluding carboxylic acids is 3. The monoisotopic (exact) mass is 531 g/mol. The molecule has 1 aromatic carbocycles. The Bertz CT molecular complexity index is 1050. The molecule has 7 nitrogen and oxygen atoms in total. The van der Waals surface area contributed by atoms with Gasteiger partial charge >= 0.3 is 0 Å². The van der Waals surface area contributed by atoms with Crippen LogP contribution in [0.15, 0.2) is 49.6 Å². The Morgan fingerprint density at radius 2 is 1.94 bits per heavy atom. The number of aliphatic hydroxyl groups excluding tert-OH is 1. The van der Waals surface area contributed by atoms with E-state index in [4.69, 9.17) is 11.6 Å². The molecule has 3 saturated heterocycles. The molecule has 0 saturated carbocycles. The van der Waals surface area contributed by atoms with E-state index in [1.165, 1.54) is 0 Å². The minimum absolute atomic E-state index is 0.00164. The van der Waals surface area contributed by atoms with Crippen molar-refractivity contribution in [3.05, 3.63) is 54.6 Å². The predicted octanol–water partition coefficient (Wildman–Crippen LogP) is 3.37. The lowest BCUT2D eigenvalue weighted by Crippen LogP contribution is -2.55. The van der Waals surface area contributed by atoms with Gasteiger partial charge in [0.2, 0.25) is 11.8 Å². The average molecular weight is 532 g/mol. The Balaban J connectivity index is 1.76. The highest BCUT2D eigenvalue weighted by Crippen LogP contribution is 2.66. The van der Waals surface area contributed by atoms with Gasteiger partial charge in [0.15, 0.2) is 0 Å². The van der Waals surface area contributed by atoms with Crippen LogP contribution in [-0.4, -0.2) is 82.0 Å². The van der Waals surface area contributed by atoms with Crippen LogP contribution in [-0.2, 0) is 14.4 Å². The van der Waals surface area contributed by atoms with Crippen molar-refractivity contribution in [3.8, 4) is 0 Å². The van der Waals surface area contributed by atoms with E-state index < -0.39 is 22.6 Å². The summed E-state index contributed by atoms with van der Waals surface area (Å²) in [7, 11) is 1.73. The van der Waals surface area contributed by atoms with Gasteiger partial charge in [0.25, 0.3) is 5.91 Å². The smallest absolute Gasteiger partial charge is 0.251 e. The number of aliphatic hydroxyl groups is 1. The highest BCUT2D eigenvalue weighted by Gasteiger charge is 2.73. The van der Waals surface area contributed by atoms with Crippen molar-refractivity contribution in [3.63, 3.8) is 0 Å². The number of thioether (sulfide) groups is 1. The summed E-state index contributed by atoms with van der Waals surface area (Å²) >= 11 is 8.14. The highest BCUT2D eigenvalue weighted by atomic mass is 35.5. The molecule has 3 fully saturated rings. The number of amides is 3. The molecular formula is C27H34ClN3O4S. The molecule has 0 radical (unpaired) electrons. The number of para-hydroxylation sites is 1. The Labute approximate surface area is 222 Å². The summed E-state index contributed by atoms with van der Waals surface area (Å²) in [6.07, 6.45) is 5.92. The normalized spacial score (nSPS) is 28.2. The molecule has 2 unspecified atom stereocenters. The van der Waals surface area contributed by atoms with Crippen LogP contribution in [0.1, 0.15) is 25.7 Å². The van der Waals surface area contributed by atoms with Crippen LogP contribution in [0, 0.1) is 11.8 Å². The third kappa shape index (κ3) is 4.37. The zero-order valence-corrected chi connectivity index (χ0v) is 22.2. The maximum absolute atomic E-state index is 14.4. The Morgan fingerprint density at radius 1 is 1.22 bits per heavy atom. The largest absolute Gasteiger partial charge is 0.396 e. The molecule has 4 rings (SSSR count). The van der Waals surface area contributed by atoms with E-state index in [2.05, 4.69) is 13.2 Å². The lowest BCUT2D eigenvalue weighted by Gasteiger charge is -2.37. The van der Waals surface area contributed by atoms with E-state index in [-0.39, 0.29) is 36.1 Å². The zero-order chi connectivity index (χ0) is 26.0. The van der Waals surface area contributed by atoms with Crippen molar-refractivity contribution in [1.29, 1.82) is 0 Å². The topological polar surface area (TPSA) is 81.2 Å². The molecule has 194 valence electrons. The molecule has 1 aromatic rings. The second-order valence-corrected chi connectivity index (χ2v) is 11.7. The van der Waals surface area contributed by atoms with E-state index >= 15 is 0 Å². The number of hydrogen-bond donors (Lipinski definition) is 1. The van der Waals surface area contributed by atoms with Crippen molar-refractivity contribution in [2.45, 2.75) is 41.7 Å². The molecule has 3 amide bonds. The summed E-state index contributed by atoms with van der Waals surface area (Å²) in [6, 6.07) is 6.44. The van der Waals surface area contributed by atoms with Gasteiger partial charge in [-0.25, -0.2) is 0 Å². The number of nitrogens with zero attached hydrogens (tertiary/aromatic N) is 3. The van der Waals surface area contributed by atoms with E-state index in [1.54, 1.807) is 57.8 Å². The summed E-state index contributed by atoms with van der Waals surface area (Å²) < 4.78 is -0.673. The number of hydrogen-bond acceptors (Lipinski definition) is 5. The molecule has 36 heavy (non-hydrogen) atoms. The number of halogens is 1. The van der Waals surface area contributed by atoms with Crippen molar-refractivity contribution < 1.29 is 19.5 Å². The third-order valence-electron chi connectivity index (χ3n) is 7.63. The van der Waals surface area contributed by atoms with E-state index in [9.17, 15) is 19.5 Å². The minimum Gasteiger partial charge on any atom is -0.396 e. The number of rotatable bonds is 11. The number of unbranched alkanes of at least 4 members (excludes halogenated alkanes) is 1. The fourth-order valence-electron chi connectivity index (χ4n) is 6.14. The van der Waals surface area contributed by atoms with Gasteiger partial charge in [-0.15, -0.1) is 24.9 Å². The number of likely N-dealkylation sites (tertiary alicyclic amines) is 1. The molecule has 1 N–H and O–H groups in total. The van der Waals surface area contributed by atoms with Crippen molar-refractivity contribution in [1.82, 2.24) is 9.80 Å². The predicted molar refractivity (Wildman–Crippen MR) is 144 cm³/mol. The fraction of sp³-hybridized carbons (Fsp3) is 0.519. The summed E-state index contributed by atoms with van der Waals surface area (Å²) in [5.41, 5.74) is 0.572. The summed E-state index contributed by atoms with van der Waals surface area (Å²) in [5.74, 6) is -1.43. The van der Waals surface area contributed by atoms with Crippen LogP contribution >= 0.6 is 23.4 Å². The van der Waals surface area contributed by atoms with E-state index in [0.717, 1.165) is 6.42 Å². The first-order valence-corrected chi connectivity index (χ1v) is 13.7. The molecule has 2 bridgehead atoms. The number of benzene rings is 1. The van der Waals surface area contributed by atoms with Crippen molar-refractivity contribution >= 4 is 46.8 Å². The molecule has 9 heteroatoms. The molecule has 3 heterocycles. The van der Waals surface area contributed by atoms with Crippen LogP contribution in [0.4, 0.5) is 5.69 Å². The lowest BCUT2D eigenvalue weighted by atomic mass is 9.70. The number of anilines is 1. The first kappa shape index (κ1) is 26.8. The average Bonchev–Trinajstić information content (AvgIpc) is 3.50. The van der Waals surface area contributed by atoms with Crippen LogP contribution in [0.3, 0.4) is 0 Å². The van der Waals surface area contributed by atoms with Crippen LogP contribution < -0.4 is 4.90 Å². The van der Waals surface area contributed by atoms with Crippen molar-refractivity contribution in [2.24, 2.45) is 11.8 Å². The maximum Gasteiger partial charge on any atom is 0.251 e. The third-order valence-corrected chi connectivity index (χ3v) is 9.90. The van der Waals surface area contributed by atoms with Crippen LogP contribution in [0.25, 0.3) is 0 Å². The summed E-state index contributed by atoms with van der Waals surface area (Å²) in [6.45, 7) is 8.59. The van der Waals surface area contributed by atoms with Gasteiger partial charge < -0.3 is 19.8 Å². The standard InChI is InChI=1S/C27H34ClN3O4S/c1-4-14-29(3)24(33)21-20-12-13-27(36-20)22(21)25(34)31(16-8-9-17-32)23(27)26(35)30(15-5-2)19-11-7-6-10-18(19)28/h4-7,10-11,20-23,32H,1-2,8-9,12-17H2,3H3/t20-,21+,22-,23?,27?/m0/s1. The Kier molecular flexibility index (Phi) is 8.17. The minimum atomic E-state index is -0.720. The van der Waals surface area contributed by atoms with Gasteiger partial charge in [-0.3, -0.25) is 14.4 Å². The molecule has 1 spiro atoms. The molecular weight excluding hydrogens is 498 g/mol. The lowest BCUT2D eigenvalue weighted by molar-refractivity contribution is -0.143. The molecule has 0 aromatic heterocycles. The second-order valence-electron chi connectivity index (χ2n) is 9.71. The van der Waals surface area contributed by atoms with E-state index in [1.807, 2.05) is 12.1 Å². The van der Waals surface area contributed by atoms with Crippen LogP contribution in [0.2, 0.25) is 5.02 Å². The van der Waals surface area contributed by atoms with Gasteiger partial charge in [0, 0.05) is 38.5 Å². The number of fused-ring (bicyclic) bond motifs is 1. The first-order chi connectivity index (χ1) is 17.3.